The van der Waals surface area contributed by atoms with E-state index in [4.69, 9.17) is 9.47 Å². The first-order valence-electron chi connectivity index (χ1n) is 7.94. The van der Waals surface area contributed by atoms with Gasteiger partial charge in [-0.15, -0.1) is 5.10 Å². The molecule has 3 aromatic rings. The molecule has 0 amide bonds. The van der Waals surface area contributed by atoms with Crippen LogP contribution in [0.4, 0.5) is 13.2 Å². The van der Waals surface area contributed by atoms with Crippen LogP contribution in [0.15, 0.2) is 36.4 Å². The molecular weight excluding hydrogens is 363 g/mol. The summed E-state index contributed by atoms with van der Waals surface area (Å²) in [5.74, 6) is -2.64. The van der Waals surface area contributed by atoms with E-state index in [9.17, 15) is 18.0 Å². The SMILES string of the molecule is CCOC(=O)c1n[nH]nc1-c1ccc(F)cc1OCc1cc(F)ccc1F. The lowest BCUT2D eigenvalue weighted by Gasteiger charge is -2.12. The van der Waals surface area contributed by atoms with Gasteiger partial charge in [0.2, 0.25) is 0 Å². The molecule has 9 heteroatoms. The Labute approximate surface area is 151 Å². The van der Waals surface area contributed by atoms with E-state index in [-0.39, 0.29) is 41.5 Å². The monoisotopic (exact) mass is 377 g/mol. The first-order chi connectivity index (χ1) is 13.0. The van der Waals surface area contributed by atoms with Gasteiger partial charge >= 0.3 is 5.97 Å². The van der Waals surface area contributed by atoms with Gasteiger partial charge in [-0.3, -0.25) is 0 Å². The van der Waals surface area contributed by atoms with Crippen LogP contribution in [0.1, 0.15) is 23.0 Å². The molecule has 3 rings (SSSR count). The van der Waals surface area contributed by atoms with Crippen molar-refractivity contribution in [3.63, 3.8) is 0 Å². The van der Waals surface area contributed by atoms with E-state index in [0.717, 1.165) is 30.3 Å². The Morgan fingerprint density at radius 2 is 1.81 bits per heavy atom. The molecule has 6 nitrogen and oxygen atoms in total. The fourth-order valence-corrected chi connectivity index (χ4v) is 2.38. The number of aromatic amines is 1. The van der Waals surface area contributed by atoms with Crippen LogP contribution in [-0.4, -0.2) is 28.0 Å². The number of carbonyl (C=O) groups is 1. The molecule has 0 radical (unpaired) electrons. The smallest absolute Gasteiger partial charge is 0.361 e. The number of H-pyrrole nitrogens is 1. The third-order valence-electron chi connectivity index (χ3n) is 3.61. The van der Waals surface area contributed by atoms with Crippen LogP contribution in [0.25, 0.3) is 11.3 Å². The van der Waals surface area contributed by atoms with Gasteiger partial charge in [0.15, 0.2) is 5.69 Å². The summed E-state index contributed by atoms with van der Waals surface area (Å²) in [7, 11) is 0. The Morgan fingerprint density at radius 1 is 1.07 bits per heavy atom. The number of esters is 1. The zero-order chi connectivity index (χ0) is 19.4. The minimum atomic E-state index is -0.715. The van der Waals surface area contributed by atoms with Crippen LogP contribution in [-0.2, 0) is 11.3 Å². The Hall–Kier alpha value is -3.36. The highest BCUT2D eigenvalue weighted by Crippen LogP contribution is 2.32. The predicted octanol–water partition coefficient (Wildman–Crippen LogP) is 3.64. The van der Waals surface area contributed by atoms with Crippen molar-refractivity contribution >= 4 is 5.97 Å². The molecule has 0 aliphatic heterocycles. The van der Waals surface area contributed by atoms with Crippen molar-refractivity contribution in [2.75, 3.05) is 6.61 Å². The van der Waals surface area contributed by atoms with Crippen molar-refractivity contribution in [2.24, 2.45) is 0 Å². The highest BCUT2D eigenvalue weighted by molar-refractivity contribution is 5.94. The third kappa shape index (κ3) is 4.08. The van der Waals surface area contributed by atoms with Gasteiger partial charge in [-0.25, -0.2) is 18.0 Å². The fourth-order valence-electron chi connectivity index (χ4n) is 2.38. The van der Waals surface area contributed by atoms with Crippen molar-refractivity contribution in [3.05, 3.63) is 65.1 Å². The molecule has 0 atom stereocenters. The molecule has 1 N–H and O–H groups in total. The normalized spacial score (nSPS) is 10.7. The summed E-state index contributed by atoms with van der Waals surface area (Å²) in [4.78, 5) is 12.0. The largest absolute Gasteiger partial charge is 0.488 e. The predicted molar refractivity (Wildman–Crippen MR) is 88.4 cm³/mol. The first-order valence-corrected chi connectivity index (χ1v) is 7.94. The van der Waals surface area contributed by atoms with Gasteiger partial charge in [0.1, 0.15) is 35.5 Å². The maximum atomic E-state index is 13.8. The maximum absolute atomic E-state index is 13.8. The molecule has 0 unspecified atom stereocenters. The summed E-state index contributed by atoms with van der Waals surface area (Å²) in [6, 6.07) is 6.47. The van der Waals surface area contributed by atoms with Crippen LogP contribution in [0.2, 0.25) is 0 Å². The zero-order valence-electron chi connectivity index (χ0n) is 14.1. The van der Waals surface area contributed by atoms with Gasteiger partial charge in [0.25, 0.3) is 0 Å². The van der Waals surface area contributed by atoms with Gasteiger partial charge < -0.3 is 9.47 Å². The lowest BCUT2D eigenvalue weighted by molar-refractivity contribution is 0.0520. The standard InChI is InChI=1S/C18H14F3N3O3/c1-2-26-18(25)17-16(22-24-23-17)13-5-3-12(20)8-15(13)27-9-10-7-11(19)4-6-14(10)21/h3-8H,2,9H2,1H3,(H,22,23,24). The van der Waals surface area contributed by atoms with E-state index in [1.807, 2.05) is 0 Å². The number of ether oxygens (including phenoxy) is 2. The van der Waals surface area contributed by atoms with Crippen molar-refractivity contribution in [1.82, 2.24) is 15.4 Å². The lowest BCUT2D eigenvalue weighted by Crippen LogP contribution is -2.07. The molecule has 0 bridgehead atoms. The number of carbonyl (C=O) groups excluding carboxylic acids is 1. The number of rotatable bonds is 6. The average Bonchev–Trinajstić information content (AvgIpc) is 3.12. The number of benzene rings is 2. The Kier molecular flexibility index (Phi) is 5.39. The van der Waals surface area contributed by atoms with E-state index in [2.05, 4.69) is 15.4 Å². The molecule has 27 heavy (non-hydrogen) atoms. The summed E-state index contributed by atoms with van der Waals surface area (Å²) < 4.78 is 51.1. The van der Waals surface area contributed by atoms with Crippen molar-refractivity contribution < 1.29 is 27.4 Å². The summed E-state index contributed by atoms with van der Waals surface area (Å²) in [5.41, 5.74) is 0.175. The van der Waals surface area contributed by atoms with Gasteiger partial charge in [0, 0.05) is 17.2 Å². The van der Waals surface area contributed by atoms with Crippen LogP contribution in [0, 0.1) is 17.5 Å². The van der Waals surface area contributed by atoms with Crippen molar-refractivity contribution in [3.8, 4) is 17.0 Å². The summed E-state index contributed by atoms with van der Waals surface area (Å²) >= 11 is 0. The molecule has 0 saturated heterocycles. The van der Waals surface area contributed by atoms with Crippen LogP contribution in [0.3, 0.4) is 0 Å². The third-order valence-corrected chi connectivity index (χ3v) is 3.61. The summed E-state index contributed by atoms with van der Waals surface area (Å²) in [5, 5.41) is 9.95. The molecule has 2 aromatic carbocycles. The van der Waals surface area contributed by atoms with Crippen molar-refractivity contribution in [2.45, 2.75) is 13.5 Å². The number of halogens is 3. The number of nitrogens with one attached hydrogen (secondary N) is 1. The van der Waals surface area contributed by atoms with Gasteiger partial charge in [-0.05, 0) is 37.3 Å². The number of hydrogen-bond acceptors (Lipinski definition) is 5. The van der Waals surface area contributed by atoms with Crippen molar-refractivity contribution in [1.29, 1.82) is 0 Å². The first kappa shape index (κ1) is 18.4. The second kappa shape index (κ2) is 7.90. The summed E-state index contributed by atoms with van der Waals surface area (Å²) in [6.45, 7) is 1.42. The molecule has 0 saturated carbocycles. The Balaban J connectivity index is 1.94. The topological polar surface area (TPSA) is 77.1 Å². The van der Waals surface area contributed by atoms with Gasteiger partial charge in [-0.1, -0.05) is 0 Å². The minimum absolute atomic E-state index is 0.0156. The molecule has 0 spiro atoms. The van der Waals surface area contributed by atoms with Crippen LogP contribution in [0.5, 0.6) is 5.75 Å². The molecule has 1 heterocycles. The zero-order valence-corrected chi connectivity index (χ0v) is 14.1. The minimum Gasteiger partial charge on any atom is -0.488 e. The second-order valence-corrected chi connectivity index (χ2v) is 5.41. The number of nitrogens with zero attached hydrogens (tertiary/aromatic N) is 2. The van der Waals surface area contributed by atoms with E-state index in [1.165, 1.54) is 6.07 Å². The van der Waals surface area contributed by atoms with Crippen LogP contribution < -0.4 is 4.74 Å². The molecule has 0 aliphatic carbocycles. The van der Waals surface area contributed by atoms with E-state index >= 15 is 0 Å². The fraction of sp³-hybridized carbons (Fsp3) is 0.167. The maximum Gasteiger partial charge on any atom is 0.361 e. The Morgan fingerprint density at radius 3 is 2.59 bits per heavy atom. The lowest BCUT2D eigenvalue weighted by atomic mass is 10.1. The number of aromatic nitrogens is 3. The highest BCUT2D eigenvalue weighted by atomic mass is 19.1. The highest BCUT2D eigenvalue weighted by Gasteiger charge is 2.22. The molecule has 0 fully saturated rings. The molecule has 140 valence electrons. The Bertz CT molecular complexity index is 975. The second-order valence-electron chi connectivity index (χ2n) is 5.41. The quantitative estimate of drug-likeness (QED) is 0.664. The van der Waals surface area contributed by atoms with Gasteiger partial charge in [-0.2, -0.15) is 10.3 Å². The van der Waals surface area contributed by atoms with Gasteiger partial charge in [0.05, 0.1) is 6.61 Å². The van der Waals surface area contributed by atoms with E-state index in [1.54, 1.807) is 6.92 Å². The van der Waals surface area contributed by atoms with E-state index in [0.29, 0.717) is 0 Å². The average molecular weight is 377 g/mol. The van der Waals surface area contributed by atoms with Crippen LogP contribution >= 0.6 is 0 Å². The number of hydrogen-bond donors (Lipinski definition) is 1. The molecular formula is C18H14F3N3O3. The molecule has 1 aromatic heterocycles. The van der Waals surface area contributed by atoms with E-state index < -0.39 is 23.4 Å². The molecule has 0 aliphatic rings. The summed E-state index contributed by atoms with van der Waals surface area (Å²) in [6.07, 6.45) is 0.